The van der Waals surface area contributed by atoms with Crippen molar-refractivity contribution < 1.29 is 4.74 Å². The fraction of sp³-hybridized carbons (Fsp3) is 0.692. The van der Waals surface area contributed by atoms with E-state index in [-0.39, 0.29) is 0 Å². The lowest BCUT2D eigenvalue weighted by atomic mass is 10.2. The second kappa shape index (κ2) is 9.59. The van der Waals surface area contributed by atoms with Crippen molar-refractivity contribution in [2.45, 2.75) is 13.3 Å². The van der Waals surface area contributed by atoms with Crippen LogP contribution in [0.3, 0.4) is 0 Å². The second-order valence-electron chi connectivity index (χ2n) is 4.06. The van der Waals surface area contributed by atoms with Gasteiger partial charge in [-0.05, 0) is 41.9 Å². The number of hydrogen-bond donors (Lipinski definition) is 1. The predicted octanol–water partition coefficient (Wildman–Crippen LogP) is 1.85. The highest BCUT2D eigenvalue weighted by Crippen LogP contribution is 2.05. The summed E-state index contributed by atoms with van der Waals surface area (Å²) in [4.78, 5) is 2.40. The molecule has 1 heterocycles. The van der Waals surface area contributed by atoms with Crippen LogP contribution >= 0.6 is 11.3 Å². The summed E-state index contributed by atoms with van der Waals surface area (Å²) in [6.45, 7) is 8.36. The largest absolute Gasteiger partial charge is 0.383 e. The van der Waals surface area contributed by atoms with E-state index in [1.54, 1.807) is 18.4 Å². The Kier molecular flexibility index (Phi) is 8.26. The van der Waals surface area contributed by atoms with E-state index in [0.29, 0.717) is 0 Å². The van der Waals surface area contributed by atoms with Crippen LogP contribution in [-0.2, 0) is 11.2 Å². The molecule has 0 aliphatic carbocycles. The van der Waals surface area contributed by atoms with Gasteiger partial charge in [0.15, 0.2) is 0 Å². The van der Waals surface area contributed by atoms with Crippen molar-refractivity contribution in [1.29, 1.82) is 0 Å². The van der Waals surface area contributed by atoms with E-state index >= 15 is 0 Å². The average Bonchev–Trinajstić information content (AvgIpc) is 2.85. The van der Waals surface area contributed by atoms with E-state index < -0.39 is 0 Å². The number of methoxy groups -OCH3 is 1. The molecule has 0 spiro atoms. The van der Waals surface area contributed by atoms with Crippen LogP contribution in [0.4, 0.5) is 0 Å². The van der Waals surface area contributed by atoms with Gasteiger partial charge >= 0.3 is 0 Å². The van der Waals surface area contributed by atoms with Gasteiger partial charge in [-0.15, -0.1) is 0 Å². The molecule has 1 aromatic heterocycles. The summed E-state index contributed by atoms with van der Waals surface area (Å²) < 4.78 is 5.09. The molecule has 1 aromatic rings. The molecule has 0 saturated carbocycles. The summed E-state index contributed by atoms with van der Waals surface area (Å²) in [5.41, 5.74) is 1.44. The minimum absolute atomic E-state index is 0.822. The zero-order valence-electron chi connectivity index (χ0n) is 10.9. The topological polar surface area (TPSA) is 24.5 Å². The molecule has 0 aliphatic heterocycles. The van der Waals surface area contributed by atoms with E-state index in [2.05, 4.69) is 34.0 Å². The van der Waals surface area contributed by atoms with E-state index in [1.165, 1.54) is 5.56 Å². The van der Waals surface area contributed by atoms with Crippen molar-refractivity contribution >= 4 is 11.3 Å². The number of rotatable bonds is 10. The van der Waals surface area contributed by atoms with Gasteiger partial charge in [-0.3, -0.25) is 0 Å². The highest BCUT2D eigenvalue weighted by molar-refractivity contribution is 7.07. The molecule has 98 valence electrons. The number of likely N-dealkylation sites (N-methyl/N-ethyl adjacent to an activating group) is 1. The molecule has 0 aromatic carbocycles. The lowest BCUT2D eigenvalue weighted by molar-refractivity contribution is 0.151. The number of hydrogen-bond acceptors (Lipinski definition) is 4. The highest BCUT2D eigenvalue weighted by atomic mass is 32.1. The van der Waals surface area contributed by atoms with Crippen molar-refractivity contribution in [2.24, 2.45) is 0 Å². The molecular weight excluding hydrogens is 232 g/mol. The third-order valence-electron chi connectivity index (χ3n) is 2.83. The smallest absolute Gasteiger partial charge is 0.0589 e. The summed E-state index contributed by atoms with van der Waals surface area (Å²) in [6.07, 6.45) is 1.13. The summed E-state index contributed by atoms with van der Waals surface area (Å²) in [5, 5.41) is 7.85. The molecule has 17 heavy (non-hydrogen) atoms. The van der Waals surface area contributed by atoms with Crippen molar-refractivity contribution in [2.75, 3.05) is 46.4 Å². The lowest BCUT2D eigenvalue weighted by Crippen LogP contribution is -2.34. The molecule has 4 heteroatoms. The van der Waals surface area contributed by atoms with Gasteiger partial charge in [-0.2, -0.15) is 11.3 Å². The number of thiophene rings is 1. The number of nitrogens with one attached hydrogen (secondary N) is 1. The summed E-state index contributed by atoms with van der Waals surface area (Å²) >= 11 is 1.77. The Bertz CT molecular complexity index is 264. The van der Waals surface area contributed by atoms with E-state index in [4.69, 9.17) is 4.74 Å². The van der Waals surface area contributed by atoms with Crippen molar-refractivity contribution in [3.05, 3.63) is 22.4 Å². The zero-order chi connectivity index (χ0) is 12.3. The van der Waals surface area contributed by atoms with Crippen molar-refractivity contribution in [1.82, 2.24) is 10.2 Å². The SMILES string of the molecule is CCN(CCNCCc1ccsc1)CCOC. The average molecular weight is 256 g/mol. The Hall–Kier alpha value is -0.420. The number of nitrogens with zero attached hydrogens (tertiary/aromatic N) is 1. The summed E-state index contributed by atoms with van der Waals surface area (Å²) in [7, 11) is 1.76. The fourth-order valence-corrected chi connectivity index (χ4v) is 2.38. The van der Waals surface area contributed by atoms with Crippen LogP contribution < -0.4 is 5.32 Å². The third kappa shape index (κ3) is 6.78. The van der Waals surface area contributed by atoms with Gasteiger partial charge in [0, 0.05) is 26.7 Å². The molecule has 0 unspecified atom stereocenters. The van der Waals surface area contributed by atoms with Crippen LogP contribution in [0.25, 0.3) is 0 Å². The Balaban J connectivity index is 1.98. The van der Waals surface area contributed by atoms with Crippen molar-refractivity contribution in [3.63, 3.8) is 0 Å². The Morgan fingerprint density at radius 1 is 1.35 bits per heavy atom. The first-order valence-electron chi connectivity index (χ1n) is 6.30. The molecule has 0 amide bonds. The molecule has 0 saturated heterocycles. The third-order valence-corrected chi connectivity index (χ3v) is 3.57. The minimum atomic E-state index is 0.822. The van der Waals surface area contributed by atoms with Crippen LogP contribution in [0.2, 0.25) is 0 Å². The maximum absolute atomic E-state index is 5.09. The lowest BCUT2D eigenvalue weighted by Gasteiger charge is -2.19. The first kappa shape index (κ1) is 14.6. The Labute approximate surface area is 109 Å². The van der Waals surface area contributed by atoms with Crippen LogP contribution in [0.5, 0.6) is 0 Å². The van der Waals surface area contributed by atoms with E-state index in [0.717, 1.165) is 45.8 Å². The van der Waals surface area contributed by atoms with Gasteiger partial charge < -0.3 is 15.0 Å². The first-order valence-corrected chi connectivity index (χ1v) is 7.24. The Morgan fingerprint density at radius 3 is 2.88 bits per heavy atom. The number of ether oxygens (including phenoxy) is 1. The molecule has 1 rings (SSSR count). The molecule has 0 atom stereocenters. The summed E-state index contributed by atoms with van der Waals surface area (Å²) in [5.74, 6) is 0. The molecule has 0 bridgehead atoms. The minimum Gasteiger partial charge on any atom is -0.383 e. The van der Waals surface area contributed by atoms with Crippen molar-refractivity contribution in [3.8, 4) is 0 Å². The normalized spacial score (nSPS) is 11.2. The molecule has 0 fully saturated rings. The van der Waals surface area contributed by atoms with Crippen LogP contribution in [-0.4, -0.2) is 51.3 Å². The van der Waals surface area contributed by atoms with Crippen LogP contribution in [0.1, 0.15) is 12.5 Å². The quantitative estimate of drug-likeness (QED) is 0.647. The van der Waals surface area contributed by atoms with Gasteiger partial charge in [0.05, 0.1) is 6.61 Å². The van der Waals surface area contributed by atoms with E-state index in [9.17, 15) is 0 Å². The van der Waals surface area contributed by atoms with E-state index in [1.807, 2.05) is 0 Å². The molecule has 0 radical (unpaired) electrons. The maximum Gasteiger partial charge on any atom is 0.0589 e. The first-order chi connectivity index (χ1) is 8.36. The zero-order valence-corrected chi connectivity index (χ0v) is 11.8. The Morgan fingerprint density at radius 2 is 2.24 bits per heavy atom. The molecule has 1 N–H and O–H groups in total. The second-order valence-corrected chi connectivity index (χ2v) is 4.84. The predicted molar refractivity (Wildman–Crippen MR) is 74.9 cm³/mol. The van der Waals surface area contributed by atoms with Gasteiger partial charge in [-0.1, -0.05) is 6.92 Å². The molecule has 0 aliphatic rings. The molecule has 3 nitrogen and oxygen atoms in total. The molecular formula is C13H24N2OS. The van der Waals surface area contributed by atoms with Gasteiger partial charge in [0.1, 0.15) is 0 Å². The monoisotopic (exact) mass is 256 g/mol. The standard InChI is InChI=1S/C13H24N2OS/c1-3-15(9-10-16-2)8-7-14-6-4-13-5-11-17-12-13/h5,11-12,14H,3-4,6-10H2,1-2H3. The summed E-state index contributed by atoms with van der Waals surface area (Å²) in [6, 6.07) is 2.20. The van der Waals surface area contributed by atoms with Crippen LogP contribution in [0, 0.1) is 0 Å². The van der Waals surface area contributed by atoms with Gasteiger partial charge in [0.25, 0.3) is 0 Å². The maximum atomic E-state index is 5.09. The van der Waals surface area contributed by atoms with Gasteiger partial charge in [-0.25, -0.2) is 0 Å². The van der Waals surface area contributed by atoms with Crippen LogP contribution in [0.15, 0.2) is 16.8 Å². The van der Waals surface area contributed by atoms with Gasteiger partial charge in [0.2, 0.25) is 0 Å². The highest BCUT2D eigenvalue weighted by Gasteiger charge is 2.00. The fourth-order valence-electron chi connectivity index (χ4n) is 1.68.